The molecule has 0 unspecified atom stereocenters. The Morgan fingerprint density at radius 1 is 1.15 bits per heavy atom. The fraction of sp³-hybridized carbons (Fsp3) is 0.0625. The number of halogens is 4. The predicted octanol–water partition coefficient (Wildman–Crippen LogP) is 4.60. The van der Waals surface area contributed by atoms with E-state index in [9.17, 15) is 18.0 Å². The lowest BCUT2D eigenvalue weighted by molar-refractivity contribution is -0.141. The van der Waals surface area contributed by atoms with Gasteiger partial charge < -0.3 is 5.32 Å². The fourth-order valence-corrected chi connectivity index (χ4v) is 3.22. The summed E-state index contributed by atoms with van der Waals surface area (Å²) in [5.41, 5.74) is 3.41. The standard InChI is InChI=1S/C16H10ClF3N4OS2/c17-8-1-3-9(4-2-8)21-15(26)24-23-14(25)10-7-12-11(5-6-27-12)22-13(10)16(18,19)20/h1-7H,(H,23,25)(H2,21,24,26). The summed E-state index contributed by atoms with van der Waals surface area (Å²) < 4.78 is 40.2. The van der Waals surface area contributed by atoms with Crippen LogP contribution in [0.25, 0.3) is 10.2 Å². The third-order valence-corrected chi connectivity index (χ3v) is 4.65. The van der Waals surface area contributed by atoms with Crippen molar-refractivity contribution >= 4 is 62.1 Å². The van der Waals surface area contributed by atoms with Crippen LogP contribution in [0.5, 0.6) is 0 Å². The summed E-state index contributed by atoms with van der Waals surface area (Å²) in [6.45, 7) is 0. The van der Waals surface area contributed by atoms with E-state index in [2.05, 4.69) is 21.2 Å². The summed E-state index contributed by atoms with van der Waals surface area (Å²) in [6.07, 6.45) is -4.77. The van der Waals surface area contributed by atoms with Gasteiger partial charge in [0.25, 0.3) is 5.91 Å². The number of hydrogen-bond acceptors (Lipinski definition) is 4. The van der Waals surface area contributed by atoms with E-state index in [1.807, 2.05) is 0 Å². The van der Waals surface area contributed by atoms with Crippen molar-refractivity contribution in [2.24, 2.45) is 0 Å². The molecule has 27 heavy (non-hydrogen) atoms. The molecule has 2 aromatic heterocycles. The number of aromatic nitrogens is 1. The van der Waals surface area contributed by atoms with Crippen molar-refractivity contribution in [2.75, 3.05) is 5.32 Å². The SMILES string of the molecule is O=C(NNC(=S)Nc1ccc(Cl)cc1)c1cc2sccc2nc1C(F)(F)F. The molecule has 11 heteroatoms. The van der Waals surface area contributed by atoms with Gasteiger partial charge in [-0.05, 0) is 54.0 Å². The lowest BCUT2D eigenvalue weighted by atomic mass is 10.1. The van der Waals surface area contributed by atoms with Gasteiger partial charge in [0.1, 0.15) is 0 Å². The van der Waals surface area contributed by atoms with Crippen molar-refractivity contribution in [3.63, 3.8) is 0 Å². The molecular weight excluding hydrogens is 421 g/mol. The molecule has 0 aliphatic rings. The largest absolute Gasteiger partial charge is 0.434 e. The minimum atomic E-state index is -4.77. The molecule has 140 valence electrons. The van der Waals surface area contributed by atoms with E-state index in [0.29, 0.717) is 15.4 Å². The van der Waals surface area contributed by atoms with Crippen LogP contribution in [0.15, 0.2) is 41.8 Å². The molecule has 0 radical (unpaired) electrons. The third-order valence-electron chi connectivity index (χ3n) is 3.34. The Hall–Kier alpha value is -2.43. The molecule has 0 atom stereocenters. The lowest BCUT2D eigenvalue weighted by Gasteiger charge is -2.14. The third kappa shape index (κ3) is 4.65. The number of nitrogens with zero attached hydrogens (tertiary/aromatic N) is 1. The van der Waals surface area contributed by atoms with Crippen molar-refractivity contribution in [2.45, 2.75) is 6.18 Å². The monoisotopic (exact) mass is 430 g/mol. The number of pyridine rings is 1. The van der Waals surface area contributed by atoms with Gasteiger partial charge in [0, 0.05) is 10.7 Å². The number of nitrogens with one attached hydrogen (secondary N) is 3. The zero-order chi connectivity index (χ0) is 19.6. The predicted molar refractivity (Wildman–Crippen MR) is 103 cm³/mol. The number of hydrazine groups is 1. The van der Waals surface area contributed by atoms with Crippen molar-refractivity contribution in [3.05, 3.63) is 58.1 Å². The van der Waals surface area contributed by atoms with E-state index in [-0.39, 0.29) is 10.6 Å². The maximum Gasteiger partial charge on any atom is 0.434 e. The van der Waals surface area contributed by atoms with E-state index >= 15 is 0 Å². The second kappa shape index (κ2) is 7.67. The Labute approximate surface area is 165 Å². The molecule has 0 spiro atoms. The van der Waals surface area contributed by atoms with Crippen LogP contribution in [0.2, 0.25) is 5.02 Å². The highest BCUT2D eigenvalue weighted by Gasteiger charge is 2.37. The number of alkyl halides is 3. The minimum Gasteiger partial charge on any atom is -0.331 e. The first-order valence-electron chi connectivity index (χ1n) is 7.32. The van der Waals surface area contributed by atoms with Gasteiger partial charge in [0.2, 0.25) is 0 Å². The zero-order valence-electron chi connectivity index (χ0n) is 13.2. The average molecular weight is 431 g/mol. The summed E-state index contributed by atoms with van der Waals surface area (Å²) in [4.78, 5) is 15.8. The number of fused-ring (bicyclic) bond motifs is 1. The lowest BCUT2D eigenvalue weighted by Crippen LogP contribution is -2.44. The smallest absolute Gasteiger partial charge is 0.331 e. The van der Waals surface area contributed by atoms with E-state index in [1.54, 1.807) is 29.6 Å². The number of rotatable bonds is 2. The number of thiophene rings is 1. The van der Waals surface area contributed by atoms with Crippen molar-refractivity contribution < 1.29 is 18.0 Å². The van der Waals surface area contributed by atoms with Crippen LogP contribution in [-0.2, 0) is 6.18 Å². The molecule has 3 N–H and O–H groups in total. The normalized spacial score (nSPS) is 11.3. The quantitative estimate of drug-likeness (QED) is 0.409. The number of anilines is 1. The summed E-state index contributed by atoms with van der Waals surface area (Å²) >= 11 is 12.0. The van der Waals surface area contributed by atoms with Crippen LogP contribution in [-0.4, -0.2) is 16.0 Å². The van der Waals surface area contributed by atoms with Gasteiger partial charge >= 0.3 is 6.18 Å². The van der Waals surface area contributed by atoms with Crippen molar-refractivity contribution in [1.29, 1.82) is 0 Å². The molecule has 1 amide bonds. The van der Waals surface area contributed by atoms with Gasteiger partial charge in [0.15, 0.2) is 10.8 Å². The minimum absolute atomic E-state index is 0.00982. The van der Waals surface area contributed by atoms with E-state index in [1.165, 1.54) is 17.4 Å². The summed E-state index contributed by atoms with van der Waals surface area (Å²) in [5.74, 6) is -1.01. The molecular formula is C16H10ClF3N4OS2. The molecule has 3 aromatic rings. The molecule has 0 aliphatic heterocycles. The maximum absolute atomic E-state index is 13.3. The van der Waals surface area contributed by atoms with Gasteiger partial charge in [-0.1, -0.05) is 11.6 Å². The van der Waals surface area contributed by atoms with E-state index < -0.39 is 23.3 Å². The molecule has 0 saturated carbocycles. The number of carbonyl (C=O) groups excluding carboxylic acids is 1. The highest BCUT2D eigenvalue weighted by atomic mass is 35.5. The van der Waals surface area contributed by atoms with Crippen LogP contribution in [0.1, 0.15) is 16.1 Å². The first kappa shape index (κ1) is 19.3. The summed E-state index contributed by atoms with van der Waals surface area (Å²) in [6, 6.07) is 9.16. The second-order valence-electron chi connectivity index (χ2n) is 5.23. The Morgan fingerprint density at radius 3 is 2.52 bits per heavy atom. The molecule has 0 aliphatic carbocycles. The van der Waals surface area contributed by atoms with Gasteiger partial charge in [-0.3, -0.25) is 15.6 Å². The van der Waals surface area contributed by atoms with Crippen molar-refractivity contribution in [1.82, 2.24) is 15.8 Å². The number of carbonyl (C=O) groups is 1. The first-order valence-corrected chi connectivity index (χ1v) is 8.99. The maximum atomic E-state index is 13.3. The molecule has 3 rings (SSSR count). The van der Waals surface area contributed by atoms with Gasteiger partial charge in [0.05, 0.1) is 15.8 Å². The number of thiocarbonyl (C=S) groups is 1. The van der Waals surface area contributed by atoms with E-state index in [4.69, 9.17) is 23.8 Å². The highest BCUT2D eigenvalue weighted by molar-refractivity contribution is 7.80. The van der Waals surface area contributed by atoms with Gasteiger partial charge in [-0.2, -0.15) is 13.2 Å². The highest BCUT2D eigenvalue weighted by Crippen LogP contribution is 2.33. The first-order chi connectivity index (χ1) is 12.7. The Bertz CT molecular complexity index is 1010. The summed E-state index contributed by atoms with van der Waals surface area (Å²) in [5, 5.41) is 4.88. The van der Waals surface area contributed by atoms with Crippen LogP contribution in [0.3, 0.4) is 0 Å². The zero-order valence-corrected chi connectivity index (χ0v) is 15.6. The Morgan fingerprint density at radius 2 is 1.85 bits per heavy atom. The molecule has 0 saturated heterocycles. The number of benzene rings is 1. The van der Waals surface area contributed by atoms with Crippen LogP contribution >= 0.6 is 35.2 Å². The topological polar surface area (TPSA) is 66.1 Å². The second-order valence-corrected chi connectivity index (χ2v) is 7.02. The molecule has 1 aromatic carbocycles. The Balaban J connectivity index is 1.73. The van der Waals surface area contributed by atoms with Crippen LogP contribution < -0.4 is 16.2 Å². The van der Waals surface area contributed by atoms with Crippen molar-refractivity contribution in [3.8, 4) is 0 Å². The average Bonchev–Trinajstić information content (AvgIpc) is 3.07. The molecule has 0 fully saturated rings. The Kier molecular flexibility index (Phi) is 5.49. The molecule has 2 heterocycles. The number of hydrogen-bond donors (Lipinski definition) is 3. The van der Waals surface area contributed by atoms with Gasteiger partial charge in [-0.15, -0.1) is 11.3 Å². The fourth-order valence-electron chi connectivity index (χ4n) is 2.16. The van der Waals surface area contributed by atoms with Gasteiger partial charge in [-0.25, -0.2) is 4.98 Å². The molecule has 5 nitrogen and oxygen atoms in total. The summed E-state index contributed by atoms with van der Waals surface area (Å²) in [7, 11) is 0. The number of amides is 1. The molecule has 0 bridgehead atoms. The van der Waals surface area contributed by atoms with E-state index in [0.717, 1.165) is 6.07 Å². The van der Waals surface area contributed by atoms with Crippen LogP contribution in [0, 0.1) is 0 Å². The van der Waals surface area contributed by atoms with Crippen LogP contribution in [0.4, 0.5) is 18.9 Å².